The number of aryl methyl sites for hydroxylation is 1. The van der Waals surface area contributed by atoms with Gasteiger partial charge in [0, 0.05) is 13.2 Å². The van der Waals surface area contributed by atoms with Crippen molar-refractivity contribution in [2.45, 2.75) is 0 Å². The number of rotatable bonds is 4. The molecule has 0 spiro atoms. The first kappa shape index (κ1) is 14.3. The SMILES string of the molecule is COc1nn(C)cc1C(=O)Nc1nnc(-c2ccc(Br)o2)o1. The maximum absolute atomic E-state index is 12.2. The van der Waals surface area contributed by atoms with Gasteiger partial charge in [-0.15, -0.1) is 10.2 Å². The minimum absolute atomic E-state index is 0.0570. The fourth-order valence-corrected chi connectivity index (χ4v) is 2.05. The number of furan rings is 1. The van der Waals surface area contributed by atoms with E-state index < -0.39 is 5.91 Å². The molecule has 0 bridgehead atoms. The van der Waals surface area contributed by atoms with Crippen LogP contribution in [0.15, 0.2) is 31.8 Å². The third kappa shape index (κ3) is 2.72. The molecule has 0 radical (unpaired) electrons. The van der Waals surface area contributed by atoms with Crippen molar-refractivity contribution < 1.29 is 18.4 Å². The summed E-state index contributed by atoms with van der Waals surface area (Å²) >= 11 is 3.18. The van der Waals surface area contributed by atoms with Gasteiger partial charge in [0.05, 0.1) is 7.11 Å². The van der Waals surface area contributed by atoms with Gasteiger partial charge in [-0.3, -0.25) is 14.8 Å². The summed E-state index contributed by atoms with van der Waals surface area (Å²) < 4.78 is 17.6. The summed E-state index contributed by atoms with van der Waals surface area (Å²) in [5, 5.41) is 14.0. The molecule has 3 heterocycles. The molecule has 1 amide bonds. The summed E-state index contributed by atoms with van der Waals surface area (Å²) in [6.07, 6.45) is 1.52. The third-order valence-corrected chi connectivity index (χ3v) is 3.09. The predicted molar refractivity (Wildman–Crippen MR) is 77.4 cm³/mol. The Balaban J connectivity index is 1.78. The van der Waals surface area contributed by atoms with E-state index in [4.69, 9.17) is 13.6 Å². The topological polar surface area (TPSA) is 108 Å². The van der Waals surface area contributed by atoms with Crippen LogP contribution < -0.4 is 10.1 Å². The minimum atomic E-state index is -0.472. The minimum Gasteiger partial charge on any atom is -0.479 e. The normalized spacial score (nSPS) is 10.7. The number of hydrogen-bond acceptors (Lipinski definition) is 7. The highest BCUT2D eigenvalue weighted by Crippen LogP contribution is 2.25. The molecule has 0 saturated heterocycles. The van der Waals surface area contributed by atoms with E-state index in [9.17, 15) is 4.79 Å². The van der Waals surface area contributed by atoms with E-state index in [0.29, 0.717) is 10.4 Å². The van der Waals surface area contributed by atoms with E-state index in [1.807, 2.05) is 0 Å². The Kier molecular flexibility index (Phi) is 3.67. The fraction of sp³-hybridized carbons (Fsp3) is 0.167. The first-order valence-electron chi connectivity index (χ1n) is 6.05. The number of halogens is 1. The Hall–Kier alpha value is -2.62. The van der Waals surface area contributed by atoms with Gasteiger partial charge in [0.2, 0.25) is 5.88 Å². The van der Waals surface area contributed by atoms with Gasteiger partial charge in [0.15, 0.2) is 10.4 Å². The van der Waals surface area contributed by atoms with E-state index in [1.165, 1.54) is 18.0 Å². The van der Waals surface area contributed by atoms with E-state index >= 15 is 0 Å². The Bertz CT molecular complexity index is 821. The quantitative estimate of drug-likeness (QED) is 0.751. The van der Waals surface area contributed by atoms with Crippen molar-refractivity contribution in [3.05, 3.63) is 28.6 Å². The van der Waals surface area contributed by atoms with E-state index in [-0.39, 0.29) is 23.3 Å². The molecule has 9 nitrogen and oxygen atoms in total. The largest absolute Gasteiger partial charge is 0.479 e. The van der Waals surface area contributed by atoms with Gasteiger partial charge < -0.3 is 13.6 Å². The summed E-state index contributed by atoms with van der Waals surface area (Å²) in [5.74, 6) is 0.272. The molecular weight excluding hydrogens is 358 g/mol. The lowest BCUT2D eigenvalue weighted by Gasteiger charge is -1.99. The lowest BCUT2D eigenvalue weighted by atomic mass is 10.3. The molecule has 0 aliphatic heterocycles. The van der Waals surface area contributed by atoms with Gasteiger partial charge in [-0.05, 0) is 28.1 Å². The molecule has 0 saturated carbocycles. The van der Waals surface area contributed by atoms with Crippen LogP contribution in [0.4, 0.5) is 6.01 Å². The Morgan fingerprint density at radius 2 is 2.18 bits per heavy atom. The highest BCUT2D eigenvalue weighted by Gasteiger charge is 2.19. The number of nitrogens with one attached hydrogen (secondary N) is 1. The first-order chi connectivity index (χ1) is 10.6. The van der Waals surface area contributed by atoms with Crippen LogP contribution in [0, 0.1) is 0 Å². The molecule has 0 aliphatic rings. The van der Waals surface area contributed by atoms with Crippen molar-refractivity contribution in [3.63, 3.8) is 0 Å². The van der Waals surface area contributed by atoms with E-state index in [0.717, 1.165) is 0 Å². The third-order valence-electron chi connectivity index (χ3n) is 2.66. The number of ether oxygens (including phenoxy) is 1. The molecule has 3 rings (SSSR count). The number of anilines is 1. The number of methoxy groups -OCH3 is 1. The van der Waals surface area contributed by atoms with Gasteiger partial charge in [0.1, 0.15) is 5.56 Å². The number of carbonyl (C=O) groups is 1. The number of aromatic nitrogens is 4. The molecular formula is C12H10BrN5O4. The molecule has 0 atom stereocenters. The average Bonchev–Trinajstić information content (AvgIpc) is 3.18. The molecule has 3 aromatic heterocycles. The van der Waals surface area contributed by atoms with Gasteiger partial charge >= 0.3 is 6.01 Å². The second-order valence-corrected chi connectivity index (χ2v) is 4.98. The zero-order chi connectivity index (χ0) is 15.7. The maximum Gasteiger partial charge on any atom is 0.322 e. The molecule has 0 fully saturated rings. The number of amides is 1. The molecule has 1 N–H and O–H groups in total. The molecule has 0 aromatic carbocycles. The monoisotopic (exact) mass is 367 g/mol. The number of nitrogens with zero attached hydrogens (tertiary/aromatic N) is 4. The molecule has 114 valence electrons. The summed E-state index contributed by atoms with van der Waals surface area (Å²) in [4.78, 5) is 12.2. The van der Waals surface area contributed by atoms with Gasteiger partial charge in [-0.1, -0.05) is 5.10 Å². The second kappa shape index (κ2) is 5.64. The van der Waals surface area contributed by atoms with E-state index in [2.05, 4.69) is 36.5 Å². The molecule has 22 heavy (non-hydrogen) atoms. The van der Waals surface area contributed by atoms with Crippen molar-refractivity contribution in [2.24, 2.45) is 7.05 Å². The highest BCUT2D eigenvalue weighted by atomic mass is 79.9. The van der Waals surface area contributed by atoms with Crippen LogP contribution in [-0.4, -0.2) is 33.0 Å². The van der Waals surface area contributed by atoms with Crippen molar-refractivity contribution in [1.29, 1.82) is 0 Å². The smallest absolute Gasteiger partial charge is 0.322 e. The highest BCUT2D eigenvalue weighted by molar-refractivity contribution is 9.10. The van der Waals surface area contributed by atoms with Crippen molar-refractivity contribution in [3.8, 4) is 17.5 Å². The van der Waals surface area contributed by atoms with Crippen LogP contribution in [-0.2, 0) is 7.05 Å². The molecule has 0 unspecified atom stereocenters. The number of carbonyl (C=O) groups excluding carboxylic acids is 1. The zero-order valence-corrected chi connectivity index (χ0v) is 13.1. The van der Waals surface area contributed by atoms with Crippen LogP contribution in [0.3, 0.4) is 0 Å². The lowest BCUT2D eigenvalue weighted by Crippen LogP contribution is -2.12. The van der Waals surface area contributed by atoms with Crippen molar-refractivity contribution >= 4 is 27.9 Å². The Morgan fingerprint density at radius 1 is 1.36 bits per heavy atom. The lowest BCUT2D eigenvalue weighted by molar-refractivity contribution is 0.102. The van der Waals surface area contributed by atoms with Gasteiger partial charge in [-0.25, -0.2) is 0 Å². The zero-order valence-electron chi connectivity index (χ0n) is 11.5. The fourth-order valence-electron chi connectivity index (χ4n) is 1.74. The van der Waals surface area contributed by atoms with Crippen LogP contribution >= 0.6 is 15.9 Å². The summed E-state index contributed by atoms with van der Waals surface area (Å²) in [6, 6.07) is 3.30. The second-order valence-electron chi connectivity index (χ2n) is 4.20. The Labute approximate surface area is 132 Å². The summed E-state index contributed by atoms with van der Waals surface area (Å²) in [7, 11) is 3.11. The van der Waals surface area contributed by atoms with Crippen LogP contribution in [0.25, 0.3) is 11.7 Å². The average molecular weight is 368 g/mol. The van der Waals surface area contributed by atoms with Crippen LogP contribution in [0.1, 0.15) is 10.4 Å². The number of hydrogen-bond donors (Lipinski definition) is 1. The van der Waals surface area contributed by atoms with E-state index in [1.54, 1.807) is 19.2 Å². The van der Waals surface area contributed by atoms with Crippen molar-refractivity contribution in [1.82, 2.24) is 20.0 Å². The van der Waals surface area contributed by atoms with Gasteiger partial charge in [0.25, 0.3) is 11.8 Å². The maximum atomic E-state index is 12.2. The van der Waals surface area contributed by atoms with Crippen LogP contribution in [0.2, 0.25) is 0 Å². The predicted octanol–water partition coefficient (Wildman–Crippen LogP) is 2.09. The van der Waals surface area contributed by atoms with Crippen LogP contribution in [0.5, 0.6) is 5.88 Å². The van der Waals surface area contributed by atoms with Gasteiger partial charge in [-0.2, -0.15) is 0 Å². The summed E-state index contributed by atoms with van der Waals surface area (Å²) in [5.41, 5.74) is 0.255. The Morgan fingerprint density at radius 3 is 2.86 bits per heavy atom. The molecule has 10 heteroatoms. The summed E-state index contributed by atoms with van der Waals surface area (Å²) in [6.45, 7) is 0. The molecule has 0 aliphatic carbocycles. The molecule has 3 aromatic rings. The standard InChI is InChI=1S/C12H10BrN5O4/c1-18-5-6(10(17-18)20-2)9(19)14-12-16-15-11(22-12)7-3-4-8(13)21-7/h3-5H,1-2H3,(H,14,16,19). The first-order valence-corrected chi connectivity index (χ1v) is 6.84. The van der Waals surface area contributed by atoms with Crippen molar-refractivity contribution in [2.75, 3.05) is 12.4 Å².